The molecule has 1 aliphatic rings. The number of carbonyl (C=O) groups excluding carboxylic acids is 1. The van der Waals surface area contributed by atoms with E-state index in [0.717, 1.165) is 29.4 Å². The Balaban J connectivity index is 2.19. The molecule has 0 saturated carbocycles. The second-order valence-corrected chi connectivity index (χ2v) is 4.52. The van der Waals surface area contributed by atoms with Crippen molar-refractivity contribution >= 4 is 18.0 Å². The van der Waals surface area contributed by atoms with Crippen LogP contribution in [0.25, 0.3) is 11.4 Å². The third-order valence-electron chi connectivity index (χ3n) is 2.54. The molecule has 3 heterocycles. The summed E-state index contributed by atoms with van der Waals surface area (Å²) in [6, 6.07) is 5.62. The van der Waals surface area contributed by atoms with Crippen LogP contribution in [0.4, 0.5) is 0 Å². The molecule has 0 amide bonds. The van der Waals surface area contributed by atoms with Crippen molar-refractivity contribution in [2.75, 3.05) is 5.75 Å². The molecule has 3 rings (SSSR count). The van der Waals surface area contributed by atoms with Gasteiger partial charge >= 0.3 is 0 Å². The first-order valence-corrected chi connectivity index (χ1v) is 5.98. The molecule has 16 heavy (non-hydrogen) atoms. The van der Waals surface area contributed by atoms with E-state index in [1.54, 1.807) is 18.0 Å². The van der Waals surface area contributed by atoms with E-state index in [1.165, 1.54) is 0 Å². The smallest absolute Gasteiger partial charge is 0.169 e. The van der Waals surface area contributed by atoms with Gasteiger partial charge in [0.25, 0.3) is 0 Å². The van der Waals surface area contributed by atoms with Gasteiger partial charge in [-0.2, -0.15) is 0 Å². The monoisotopic (exact) mass is 231 g/mol. The van der Waals surface area contributed by atoms with Crippen LogP contribution in [0.1, 0.15) is 10.5 Å². The predicted octanol–water partition coefficient (Wildman–Crippen LogP) is 1.86. The average Bonchev–Trinajstić information content (AvgIpc) is 2.89. The van der Waals surface area contributed by atoms with Crippen molar-refractivity contribution in [3.8, 4) is 11.4 Å². The lowest BCUT2D eigenvalue weighted by molar-refractivity contribution is 0.111. The van der Waals surface area contributed by atoms with E-state index < -0.39 is 0 Å². The van der Waals surface area contributed by atoms with Crippen LogP contribution in [0.3, 0.4) is 0 Å². The van der Waals surface area contributed by atoms with E-state index in [-0.39, 0.29) is 0 Å². The second-order valence-electron chi connectivity index (χ2n) is 3.46. The number of rotatable bonds is 2. The van der Waals surface area contributed by atoms with Crippen LogP contribution in [0, 0.1) is 0 Å². The Morgan fingerprint density at radius 2 is 2.38 bits per heavy atom. The molecule has 4 nitrogen and oxygen atoms in total. The van der Waals surface area contributed by atoms with Crippen molar-refractivity contribution in [1.82, 2.24) is 14.5 Å². The molecule has 5 heteroatoms. The van der Waals surface area contributed by atoms with Crippen LogP contribution in [-0.4, -0.2) is 26.6 Å². The number of nitrogens with zero attached hydrogens (tertiary/aromatic N) is 3. The van der Waals surface area contributed by atoms with Gasteiger partial charge in [-0.1, -0.05) is 17.8 Å². The van der Waals surface area contributed by atoms with Crippen molar-refractivity contribution in [2.45, 2.75) is 11.7 Å². The summed E-state index contributed by atoms with van der Waals surface area (Å²) in [5.41, 5.74) is 2.09. The van der Waals surface area contributed by atoms with E-state index >= 15 is 0 Å². The van der Waals surface area contributed by atoms with Crippen LogP contribution in [0.15, 0.2) is 29.6 Å². The highest BCUT2D eigenvalue weighted by atomic mass is 32.2. The molecule has 0 N–H and O–H groups in total. The van der Waals surface area contributed by atoms with E-state index in [1.807, 2.05) is 22.8 Å². The van der Waals surface area contributed by atoms with Crippen LogP contribution in [0.2, 0.25) is 0 Å². The Hall–Kier alpha value is -1.62. The highest BCUT2D eigenvalue weighted by molar-refractivity contribution is 7.99. The molecule has 0 aromatic carbocycles. The number of aldehydes is 1. The Kier molecular flexibility index (Phi) is 2.25. The molecule has 0 aliphatic carbocycles. The summed E-state index contributed by atoms with van der Waals surface area (Å²) in [6.45, 7) is 0.855. The van der Waals surface area contributed by atoms with Crippen LogP contribution < -0.4 is 0 Å². The summed E-state index contributed by atoms with van der Waals surface area (Å²) in [7, 11) is 0. The first-order chi connectivity index (χ1) is 7.90. The Labute approximate surface area is 96.7 Å². The third-order valence-corrected chi connectivity index (χ3v) is 3.49. The molecule has 1 aliphatic heterocycles. The lowest BCUT2D eigenvalue weighted by Gasteiger charge is -1.99. The molecule has 2 aromatic rings. The van der Waals surface area contributed by atoms with Crippen molar-refractivity contribution in [1.29, 1.82) is 0 Å². The van der Waals surface area contributed by atoms with E-state index in [4.69, 9.17) is 0 Å². The lowest BCUT2D eigenvalue weighted by atomic mass is 10.2. The van der Waals surface area contributed by atoms with Gasteiger partial charge in [0.1, 0.15) is 11.4 Å². The number of carbonyl (C=O) groups is 1. The number of imidazole rings is 1. The van der Waals surface area contributed by atoms with Crippen molar-refractivity contribution in [3.63, 3.8) is 0 Å². The van der Waals surface area contributed by atoms with Gasteiger partial charge in [0.05, 0.1) is 5.69 Å². The topological polar surface area (TPSA) is 47.8 Å². The zero-order valence-corrected chi connectivity index (χ0v) is 9.28. The minimum atomic E-state index is 0.638. The summed E-state index contributed by atoms with van der Waals surface area (Å²) in [5.74, 6) is 0.992. The number of fused-ring (bicyclic) bond motifs is 1. The number of pyridine rings is 1. The zero-order chi connectivity index (χ0) is 11.0. The fourth-order valence-corrected chi connectivity index (χ4v) is 2.77. The highest BCUT2D eigenvalue weighted by Gasteiger charge is 2.22. The Morgan fingerprint density at radius 3 is 3.12 bits per heavy atom. The number of hydrogen-bond donors (Lipinski definition) is 0. The van der Waals surface area contributed by atoms with Crippen molar-refractivity contribution in [2.24, 2.45) is 0 Å². The minimum absolute atomic E-state index is 0.638. The normalized spacial score (nSPS) is 13.8. The second kappa shape index (κ2) is 3.75. The van der Waals surface area contributed by atoms with Gasteiger partial charge < -0.3 is 4.57 Å². The van der Waals surface area contributed by atoms with Gasteiger partial charge in [-0.3, -0.25) is 9.78 Å². The number of aromatic nitrogens is 3. The van der Waals surface area contributed by atoms with Crippen molar-refractivity contribution in [3.05, 3.63) is 30.1 Å². The van der Waals surface area contributed by atoms with Gasteiger partial charge in [0.2, 0.25) is 0 Å². The molecule has 0 bridgehead atoms. The molecule has 0 spiro atoms. The molecule has 0 radical (unpaired) electrons. The fourth-order valence-electron chi connectivity index (χ4n) is 1.81. The molecule has 0 fully saturated rings. The minimum Gasteiger partial charge on any atom is -0.315 e. The Bertz CT molecular complexity index is 536. The zero-order valence-electron chi connectivity index (χ0n) is 8.46. The summed E-state index contributed by atoms with van der Waals surface area (Å²) in [4.78, 5) is 19.8. The van der Waals surface area contributed by atoms with E-state index in [2.05, 4.69) is 9.97 Å². The summed E-state index contributed by atoms with van der Waals surface area (Å²) in [6.07, 6.45) is 2.58. The molecule has 0 saturated heterocycles. The van der Waals surface area contributed by atoms with Gasteiger partial charge in [0, 0.05) is 18.5 Å². The van der Waals surface area contributed by atoms with E-state index in [9.17, 15) is 4.79 Å². The average molecular weight is 231 g/mol. The quantitative estimate of drug-likeness (QED) is 0.740. The Morgan fingerprint density at radius 1 is 1.44 bits per heavy atom. The number of hydrogen-bond acceptors (Lipinski definition) is 4. The predicted molar refractivity (Wildman–Crippen MR) is 61.6 cm³/mol. The highest BCUT2D eigenvalue weighted by Crippen LogP contribution is 2.31. The first-order valence-electron chi connectivity index (χ1n) is 5.00. The molecule has 0 unspecified atom stereocenters. The van der Waals surface area contributed by atoms with Crippen LogP contribution >= 0.6 is 11.8 Å². The molecule has 80 valence electrons. The maximum absolute atomic E-state index is 11.1. The maximum Gasteiger partial charge on any atom is 0.169 e. The fraction of sp³-hybridized carbons (Fsp3) is 0.182. The first kappa shape index (κ1) is 9.59. The lowest BCUT2D eigenvalue weighted by Crippen LogP contribution is -2.00. The largest absolute Gasteiger partial charge is 0.315 e. The van der Waals surface area contributed by atoms with Gasteiger partial charge in [0.15, 0.2) is 11.4 Å². The molecule has 2 aromatic heterocycles. The van der Waals surface area contributed by atoms with E-state index in [0.29, 0.717) is 11.4 Å². The molecular weight excluding hydrogens is 222 g/mol. The summed E-state index contributed by atoms with van der Waals surface area (Å²) in [5, 5.41) is 0.919. The van der Waals surface area contributed by atoms with Crippen LogP contribution in [-0.2, 0) is 6.54 Å². The molecular formula is C11H9N3OS. The number of thioether (sulfide) groups is 1. The van der Waals surface area contributed by atoms with Crippen molar-refractivity contribution < 1.29 is 4.79 Å². The third kappa shape index (κ3) is 1.36. The summed E-state index contributed by atoms with van der Waals surface area (Å²) < 4.78 is 1.96. The van der Waals surface area contributed by atoms with Gasteiger partial charge in [-0.25, -0.2) is 4.98 Å². The van der Waals surface area contributed by atoms with Crippen LogP contribution in [0.5, 0.6) is 0 Å². The maximum atomic E-state index is 11.1. The summed E-state index contributed by atoms with van der Waals surface area (Å²) >= 11 is 1.68. The SMILES string of the molecule is O=Cc1c(-c2ccccn2)nc2n1CCS2. The van der Waals surface area contributed by atoms with Gasteiger partial charge in [-0.05, 0) is 12.1 Å². The molecule has 0 atom stereocenters. The standard InChI is InChI=1S/C11H9N3OS/c15-7-9-10(8-3-1-2-4-12-8)13-11-14(9)5-6-16-11/h1-4,7H,5-6H2. The van der Waals surface area contributed by atoms with Gasteiger partial charge in [-0.15, -0.1) is 0 Å².